The van der Waals surface area contributed by atoms with Crippen molar-refractivity contribution < 1.29 is 10.2 Å². The maximum atomic E-state index is 9.69. The molecule has 0 radical (unpaired) electrons. The molecule has 3 nitrogen and oxygen atoms in total. The van der Waals surface area contributed by atoms with E-state index in [9.17, 15) is 10.2 Å². The van der Waals surface area contributed by atoms with E-state index in [-0.39, 0.29) is 18.2 Å². The highest BCUT2D eigenvalue weighted by Crippen LogP contribution is 2.31. The Bertz CT molecular complexity index is 342. The number of aliphatic hydroxyl groups is 1. The molecule has 0 saturated carbocycles. The minimum atomic E-state index is -0.723. The first-order chi connectivity index (χ1) is 6.43. The van der Waals surface area contributed by atoms with Crippen LogP contribution in [0.2, 0.25) is 5.02 Å². The maximum absolute atomic E-state index is 9.69. The van der Waals surface area contributed by atoms with Crippen molar-refractivity contribution >= 4 is 24.0 Å². The third-order valence-electron chi connectivity index (χ3n) is 2.17. The molecule has 0 unspecified atom stereocenters. The van der Waals surface area contributed by atoms with Gasteiger partial charge in [-0.15, -0.1) is 12.4 Å². The zero-order chi connectivity index (χ0) is 10.9. The Balaban J connectivity index is 0.00000196. The smallest absolute Gasteiger partial charge is 0.123 e. The summed E-state index contributed by atoms with van der Waals surface area (Å²) >= 11 is 5.82. The topological polar surface area (TPSA) is 66.5 Å². The summed E-state index contributed by atoms with van der Waals surface area (Å²) in [7, 11) is 0. The summed E-state index contributed by atoms with van der Waals surface area (Å²) in [5, 5.41) is 19.5. The fourth-order valence-electron chi connectivity index (χ4n) is 1.28. The average Bonchev–Trinajstić information content (AvgIpc) is 2.09. The number of hydrogen-bond acceptors (Lipinski definition) is 3. The first kappa shape index (κ1) is 14.5. The van der Waals surface area contributed by atoms with Crippen molar-refractivity contribution in [1.29, 1.82) is 0 Å². The van der Waals surface area contributed by atoms with E-state index in [4.69, 9.17) is 17.3 Å². The van der Waals surface area contributed by atoms with Gasteiger partial charge in [-0.3, -0.25) is 0 Å². The van der Waals surface area contributed by atoms with Crippen LogP contribution in [0.4, 0.5) is 0 Å². The van der Waals surface area contributed by atoms with Crippen LogP contribution in [0.1, 0.15) is 24.1 Å². The predicted molar refractivity (Wildman–Crippen MR) is 63.7 cm³/mol. The first-order valence-corrected chi connectivity index (χ1v) is 4.74. The van der Waals surface area contributed by atoms with E-state index in [1.54, 1.807) is 26.0 Å². The molecule has 0 amide bonds. The summed E-state index contributed by atoms with van der Waals surface area (Å²) in [6, 6.07) is 2.60. The molecule has 0 fully saturated rings. The lowest BCUT2D eigenvalue weighted by Gasteiger charge is -2.17. The molecular weight excluding hydrogens is 237 g/mol. The van der Waals surface area contributed by atoms with E-state index < -0.39 is 12.1 Å². The molecule has 0 bridgehead atoms. The SMILES string of the molecule is Cc1cc(Cl)cc([C@@H](N)[C@H](C)O)c1O.Cl. The van der Waals surface area contributed by atoms with E-state index in [0.717, 1.165) is 0 Å². The predicted octanol–water partition coefficient (Wildman–Crippen LogP) is 2.16. The second-order valence-electron chi connectivity index (χ2n) is 3.43. The van der Waals surface area contributed by atoms with Crippen LogP contribution >= 0.6 is 24.0 Å². The van der Waals surface area contributed by atoms with Crippen LogP contribution in [0.15, 0.2) is 12.1 Å². The van der Waals surface area contributed by atoms with Gasteiger partial charge in [0.1, 0.15) is 5.75 Å². The number of nitrogens with two attached hydrogens (primary N) is 1. The van der Waals surface area contributed by atoms with E-state index in [1.807, 2.05) is 0 Å². The van der Waals surface area contributed by atoms with Gasteiger partial charge >= 0.3 is 0 Å². The van der Waals surface area contributed by atoms with Crippen molar-refractivity contribution in [3.8, 4) is 5.75 Å². The van der Waals surface area contributed by atoms with Crippen LogP contribution in [-0.2, 0) is 0 Å². The zero-order valence-electron chi connectivity index (χ0n) is 8.57. The summed E-state index contributed by atoms with van der Waals surface area (Å²) in [5.74, 6) is 0.0998. The van der Waals surface area contributed by atoms with Gasteiger partial charge in [0.25, 0.3) is 0 Å². The molecule has 2 atom stereocenters. The molecule has 4 N–H and O–H groups in total. The Morgan fingerprint density at radius 3 is 2.40 bits per heavy atom. The van der Waals surface area contributed by atoms with Crippen LogP contribution < -0.4 is 5.73 Å². The summed E-state index contributed by atoms with van der Waals surface area (Å²) < 4.78 is 0. The Morgan fingerprint density at radius 1 is 1.40 bits per heavy atom. The number of phenolic OH excluding ortho intramolecular Hbond substituents is 1. The normalized spacial score (nSPS) is 14.2. The van der Waals surface area contributed by atoms with Gasteiger partial charge in [0, 0.05) is 10.6 Å². The Hall–Kier alpha value is -0.480. The van der Waals surface area contributed by atoms with Crippen LogP contribution in [-0.4, -0.2) is 16.3 Å². The molecule has 0 aliphatic carbocycles. The largest absolute Gasteiger partial charge is 0.507 e. The van der Waals surface area contributed by atoms with E-state index >= 15 is 0 Å². The fourth-order valence-corrected chi connectivity index (χ4v) is 1.56. The van der Waals surface area contributed by atoms with Crippen molar-refractivity contribution in [2.24, 2.45) is 5.73 Å². The Morgan fingerprint density at radius 2 is 1.93 bits per heavy atom. The van der Waals surface area contributed by atoms with Crippen molar-refractivity contribution in [1.82, 2.24) is 0 Å². The number of aliphatic hydroxyl groups excluding tert-OH is 1. The van der Waals surface area contributed by atoms with Gasteiger partial charge in [0.05, 0.1) is 12.1 Å². The second-order valence-corrected chi connectivity index (χ2v) is 3.86. The highest BCUT2D eigenvalue weighted by Gasteiger charge is 2.17. The van der Waals surface area contributed by atoms with Crippen molar-refractivity contribution in [3.63, 3.8) is 0 Å². The number of hydrogen-bond donors (Lipinski definition) is 3. The summed E-state index contributed by atoms with van der Waals surface area (Å²) in [5.41, 5.74) is 6.84. The summed E-state index contributed by atoms with van der Waals surface area (Å²) in [6.45, 7) is 3.31. The molecular formula is C10H15Cl2NO2. The van der Waals surface area contributed by atoms with Gasteiger partial charge < -0.3 is 15.9 Å². The van der Waals surface area contributed by atoms with Gasteiger partial charge in [0.15, 0.2) is 0 Å². The molecule has 0 aromatic heterocycles. The monoisotopic (exact) mass is 251 g/mol. The molecule has 0 spiro atoms. The number of benzene rings is 1. The lowest BCUT2D eigenvalue weighted by atomic mass is 10.00. The molecule has 1 rings (SSSR count). The van der Waals surface area contributed by atoms with Crippen LogP contribution in [0, 0.1) is 6.92 Å². The highest BCUT2D eigenvalue weighted by molar-refractivity contribution is 6.30. The van der Waals surface area contributed by atoms with Gasteiger partial charge in [-0.25, -0.2) is 0 Å². The highest BCUT2D eigenvalue weighted by atomic mass is 35.5. The number of phenols is 1. The van der Waals surface area contributed by atoms with Crippen LogP contribution in [0.25, 0.3) is 0 Å². The fraction of sp³-hybridized carbons (Fsp3) is 0.400. The van der Waals surface area contributed by atoms with Crippen LogP contribution in [0.3, 0.4) is 0 Å². The minimum absolute atomic E-state index is 0. The maximum Gasteiger partial charge on any atom is 0.123 e. The lowest BCUT2D eigenvalue weighted by Crippen LogP contribution is -2.23. The zero-order valence-corrected chi connectivity index (χ0v) is 10.1. The van der Waals surface area contributed by atoms with E-state index in [2.05, 4.69) is 0 Å². The molecule has 1 aromatic rings. The second kappa shape index (κ2) is 5.56. The molecule has 0 heterocycles. The summed E-state index contributed by atoms with van der Waals surface area (Å²) in [4.78, 5) is 0. The molecule has 0 aliphatic heterocycles. The summed E-state index contributed by atoms with van der Waals surface area (Å²) in [6.07, 6.45) is -0.723. The van der Waals surface area contributed by atoms with E-state index in [0.29, 0.717) is 16.1 Å². The Kier molecular flexibility index (Phi) is 5.38. The van der Waals surface area contributed by atoms with Crippen molar-refractivity contribution in [2.45, 2.75) is 26.0 Å². The van der Waals surface area contributed by atoms with Crippen molar-refractivity contribution in [2.75, 3.05) is 0 Å². The van der Waals surface area contributed by atoms with Crippen molar-refractivity contribution in [3.05, 3.63) is 28.3 Å². The molecule has 0 saturated heterocycles. The lowest BCUT2D eigenvalue weighted by molar-refractivity contribution is 0.163. The number of halogens is 2. The molecule has 0 aliphatic rings. The molecule has 1 aromatic carbocycles. The molecule has 15 heavy (non-hydrogen) atoms. The van der Waals surface area contributed by atoms with Gasteiger partial charge in [-0.1, -0.05) is 11.6 Å². The third-order valence-corrected chi connectivity index (χ3v) is 2.39. The molecule has 5 heteroatoms. The number of aryl methyl sites for hydroxylation is 1. The molecule has 86 valence electrons. The van der Waals surface area contributed by atoms with E-state index in [1.165, 1.54) is 0 Å². The minimum Gasteiger partial charge on any atom is -0.507 e. The quantitative estimate of drug-likeness (QED) is 0.755. The Labute approximate surface area is 100 Å². The number of rotatable bonds is 2. The van der Waals surface area contributed by atoms with Gasteiger partial charge in [-0.05, 0) is 31.5 Å². The van der Waals surface area contributed by atoms with Gasteiger partial charge in [0.2, 0.25) is 0 Å². The standard InChI is InChI=1S/C10H14ClNO2.ClH/c1-5-3-7(11)4-8(10(5)14)9(12)6(2)13;/h3-4,6,9,13-14H,12H2,1-2H3;1H/t6-,9-;/m0./s1. The number of aromatic hydroxyl groups is 1. The third kappa shape index (κ3) is 3.24. The van der Waals surface area contributed by atoms with Crippen LogP contribution in [0.5, 0.6) is 5.75 Å². The first-order valence-electron chi connectivity index (χ1n) is 4.36. The average molecular weight is 252 g/mol. The van der Waals surface area contributed by atoms with Gasteiger partial charge in [-0.2, -0.15) is 0 Å².